The first-order chi connectivity index (χ1) is 11.8. The number of hydrogen-bond acceptors (Lipinski definition) is 0. The summed E-state index contributed by atoms with van der Waals surface area (Å²) in [6.07, 6.45) is 23.6. The summed E-state index contributed by atoms with van der Waals surface area (Å²) in [7, 11) is 0. The van der Waals surface area contributed by atoms with Crippen LogP contribution in [0.25, 0.3) is 0 Å². The van der Waals surface area contributed by atoms with E-state index in [1.807, 2.05) is 0 Å². The number of fused-ring (bicyclic) bond motifs is 3. The molecule has 3 rings (SSSR count). The molecule has 0 aromatic heterocycles. The van der Waals surface area contributed by atoms with E-state index in [9.17, 15) is 0 Å². The maximum Gasteiger partial charge on any atom is 0.0338 e. The second kappa shape index (κ2) is 9.84. The van der Waals surface area contributed by atoms with Gasteiger partial charge in [0.15, 0.2) is 0 Å². The van der Waals surface area contributed by atoms with Crippen molar-refractivity contribution in [3.8, 4) is 0 Å². The van der Waals surface area contributed by atoms with Crippen LogP contribution in [0.15, 0.2) is 0 Å². The van der Waals surface area contributed by atoms with Crippen LogP contribution in [0.4, 0.5) is 0 Å². The highest BCUT2D eigenvalue weighted by molar-refractivity contribution is 6.20. The minimum atomic E-state index is 0.497. The lowest BCUT2D eigenvalue weighted by Gasteiger charge is -2.50. The van der Waals surface area contributed by atoms with Gasteiger partial charge in [-0.15, -0.1) is 11.6 Å². The predicted molar refractivity (Wildman–Crippen MR) is 107 cm³/mol. The van der Waals surface area contributed by atoms with Crippen molar-refractivity contribution in [1.82, 2.24) is 0 Å². The predicted octanol–water partition coefficient (Wildman–Crippen LogP) is 7.98. The lowest BCUT2D eigenvalue weighted by Crippen LogP contribution is -2.41. The van der Waals surface area contributed by atoms with Gasteiger partial charge in [-0.1, -0.05) is 64.7 Å². The molecule has 3 aliphatic rings. The summed E-state index contributed by atoms with van der Waals surface area (Å²) in [6, 6.07) is 0. The quantitative estimate of drug-likeness (QED) is 0.307. The summed E-state index contributed by atoms with van der Waals surface area (Å²) < 4.78 is 0. The Kier molecular flexibility index (Phi) is 7.82. The first-order valence-electron chi connectivity index (χ1n) is 11.4. The third-order valence-electron chi connectivity index (χ3n) is 7.80. The van der Waals surface area contributed by atoms with Crippen molar-refractivity contribution in [3.05, 3.63) is 0 Å². The molecule has 3 saturated carbocycles. The zero-order valence-corrected chi connectivity index (χ0v) is 16.9. The molecule has 6 atom stereocenters. The molecule has 6 unspecified atom stereocenters. The Hall–Kier alpha value is 0.290. The molecular weight excluding hydrogens is 312 g/mol. The highest BCUT2D eigenvalue weighted by atomic mass is 35.5. The molecule has 0 N–H and O–H groups in total. The average molecular weight is 353 g/mol. The van der Waals surface area contributed by atoms with Crippen molar-refractivity contribution in [3.63, 3.8) is 0 Å². The normalized spacial score (nSPS) is 39.2. The van der Waals surface area contributed by atoms with E-state index in [4.69, 9.17) is 11.6 Å². The summed E-state index contributed by atoms with van der Waals surface area (Å²) in [5, 5.41) is 0.497. The lowest BCUT2D eigenvalue weighted by molar-refractivity contribution is 0.0110. The maximum atomic E-state index is 6.45. The first-order valence-corrected chi connectivity index (χ1v) is 11.9. The molecule has 1 heteroatoms. The molecule has 0 nitrogen and oxygen atoms in total. The molecule has 0 aromatic rings. The van der Waals surface area contributed by atoms with Crippen LogP contribution in [0.2, 0.25) is 0 Å². The van der Waals surface area contributed by atoms with E-state index in [1.54, 1.807) is 19.3 Å². The van der Waals surface area contributed by atoms with Gasteiger partial charge in [-0.05, 0) is 74.5 Å². The molecule has 0 radical (unpaired) electrons. The van der Waals surface area contributed by atoms with Crippen molar-refractivity contribution in [1.29, 1.82) is 0 Å². The summed E-state index contributed by atoms with van der Waals surface area (Å²) in [5.74, 6) is 5.28. The minimum absolute atomic E-state index is 0.497. The van der Waals surface area contributed by atoms with Gasteiger partial charge in [-0.2, -0.15) is 0 Å². The van der Waals surface area contributed by atoms with Crippen molar-refractivity contribution < 1.29 is 0 Å². The van der Waals surface area contributed by atoms with Gasteiger partial charge in [0.05, 0.1) is 0 Å². The monoisotopic (exact) mass is 352 g/mol. The van der Waals surface area contributed by atoms with Crippen LogP contribution in [0, 0.1) is 29.6 Å². The van der Waals surface area contributed by atoms with Crippen molar-refractivity contribution in [2.45, 2.75) is 115 Å². The molecule has 0 heterocycles. The van der Waals surface area contributed by atoms with E-state index in [2.05, 4.69) is 6.92 Å². The van der Waals surface area contributed by atoms with Crippen molar-refractivity contribution in [2.24, 2.45) is 29.6 Å². The Morgan fingerprint density at radius 2 is 1.29 bits per heavy atom. The van der Waals surface area contributed by atoms with E-state index >= 15 is 0 Å². The van der Waals surface area contributed by atoms with E-state index < -0.39 is 0 Å². The van der Waals surface area contributed by atoms with Crippen LogP contribution in [0.3, 0.4) is 0 Å². The van der Waals surface area contributed by atoms with Crippen molar-refractivity contribution in [2.75, 3.05) is 0 Å². The molecule has 24 heavy (non-hydrogen) atoms. The highest BCUT2D eigenvalue weighted by Crippen LogP contribution is 2.53. The number of rotatable bonds is 8. The van der Waals surface area contributed by atoms with Gasteiger partial charge in [0.1, 0.15) is 0 Å². The van der Waals surface area contributed by atoms with Crippen LogP contribution in [0.5, 0.6) is 0 Å². The number of unbranched alkanes of at least 4 members (excludes halogenated alkanes) is 6. The van der Waals surface area contributed by atoms with Crippen LogP contribution >= 0.6 is 11.6 Å². The largest absolute Gasteiger partial charge is 0.123 e. The first kappa shape index (κ1) is 19.1. The van der Waals surface area contributed by atoms with Gasteiger partial charge in [-0.25, -0.2) is 0 Å². The molecular formula is C23H41Cl. The average Bonchev–Trinajstić information content (AvgIpc) is 2.60. The zero-order chi connectivity index (χ0) is 16.8. The molecule has 0 aromatic carbocycles. The lowest BCUT2D eigenvalue weighted by atomic mass is 9.56. The Labute approximate surface area is 156 Å². The molecule has 0 bridgehead atoms. The Morgan fingerprint density at radius 1 is 0.667 bits per heavy atom. The molecule has 0 spiro atoms. The van der Waals surface area contributed by atoms with Gasteiger partial charge < -0.3 is 0 Å². The highest BCUT2D eigenvalue weighted by Gasteiger charge is 2.44. The third-order valence-corrected chi connectivity index (χ3v) is 8.20. The van der Waals surface area contributed by atoms with Crippen LogP contribution < -0.4 is 0 Å². The minimum Gasteiger partial charge on any atom is -0.123 e. The summed E-state index contributed by atoms with van der Waals surface area (Å²) >= 11 is 6.45. The van der Waals surface area contributed by atoms with Gasteiger partial charge in [0, 0.05) is 5.38 Å². The molecule has 3 fully saturated rings. The van der Waals surface area contributed by atoms with Gasteiger partial charge >= 0.3 is 0 Å². The second-order valence-corrected chi connectivity index (χ2v) is 10.0. The summed E-state index contributed by atoms with van der Waals surface area (Å²) in [6.45, 7) is 2.31. The Bertz CT molecular complexity index is 352. The van der Waals surface area contributed by atoms with Gasteiger partial charge in [0.25, 0.3) is 0 Å². The van der Waals surface area contributed by atoms with E-state index in [0.717, 1.165) is 29.6 Å². The fraction of sp³-hybridized carbons (Fsp3) is 1.00. The molecule has 0 saturated heterocycles. The summed E-state index contributed by atoms with van der Waals surface area (Å²) in [5.41, 5.74) is 0. The molecule has 0 aliphatic heterocycles. The van der Waals surface area contributed by atoms with E-state index in [-0.39, 0.29) is 0 Å². The Balaban J connectivity index is 1.34. The third kappa shape index (κ3) is 5.15. The van der Waals surface area contributed by atoms with Gasteiger partial charge in [-0.3, -0.25) is 0 Å². The molecule has 3 aliphatic carbocycles. The smallest absolute Gasteiger partial charge is 0.0338 e. The SMILES string of the molecule is CCCCCCCCCC1CCC2C(CCC3CC(Cl)CCC32)C1. The fourth-order valence-corrected chi connectivity index (χ4v) is 6.84. The second-order valence-electron chi connectivity index (χ2n) is 9.42. The number of alkyl halides is 1. The fourth-order valence-electron chi connectivity index (χ4n) is 6.49. The van der Waals surface area contributed by atoms with Crippen LogP contribution in [-0.4, -0.2) is 5.38 Å². The summed E-state index contributed by atoms with van der Waals surface area (Å²) in [4.78, 5) is 0. The number of halogens is 1. The molecule has 140 valence electrons. The van der Waals surface area contributed by atoms with E-state index in [1.165, 1.54) is 83.5 Å². The molecule has 0 amide bonds. The van der Waals surface area contributed by atoms with Crippen LogP contribution in [0.1, 0.15) is 110 Å². The van der Waals surface area contributed by atoms with E-state index in [0.29, 0.717) is 5.38 Å². The van der Waals surface area contributed by atoms with Crippen LogP contribution in [-0.2, 0) is 0 Å². The Morgan fingerprint density at radius 3 is 2.04 bits per heavy atom. The zero-order valence-electron chi connectivity index (χ0n) is 16.2. The topological polar surface area (TPSA) is 0 Å². The van der Waals surface area contributed by atoms with Crippen molar-refractivity contribution >= 4 is 11.6 Å². The standard InChI is InChI=1S/C23H41Cl/c1-2-3-4-5-6-7-8-9-18-10-14-22-19(16-18)11-12-20-17-21(24)13-15-23(20)22/h18-23H,2-17H2,1H3. The van der Waals surface area contributed by atoms with Gasteiger partial charge in [0.2, 0.25) is 0 Å². The maximum absolute atomic E-state index is 6.45. The number of hydrogen-bond donors (Lipinski definition) is 0.